The van der Waals surface area contributed by atoms with Crippen LogP contribution in [-0.2, 0) is 16.1 Å². The molecule has 0 unspecified atom stereocenters. The van der Waals surface area contributed by atoms with Crippen LogP contribution in [0.1, 0.15) is 44.1 Å². The van der Waals surface area contributed by atoms with E-state index in [0.29, 0.717) is 6.61 Å². The Hall–Kier alpha value is -1.59. The highest BCUT2D eigenvalue weighted by Gasteiger charge is 2.43. The molecule has 29 heavy (non-hydrogen) atoms. The molecule has 0 spiro atoms. The summed E-state index contributed by atoms with van der Waals surface area (Å²) in [6, 6.07) is 9.89. The third kappa shape index (κ3) is 6.19. The molecule has 4 rings (SSSR count). The van der Waals surface area contributed by atoms with Crippen LogP contribution in [0.15, 0.2) is 30.3 Å². The van der Waals surface area contributed by atoms with Gasteiger partial charge in [0.05, 0.1) is 0 Å². The van der Waals surface area contributed by atoms with E-state index in [1.165, 1.54) is 25.7 Å². The second-order valence-corrected chi connectivity index (χ2v) is 9.08. The largest absolute Gasteiger partial charge is 0.445 e. The molecule has 0 radical (unpaired) electrons. The molecule has 2 heterocycles. The fourth-order valence-electron chi connectivity index (χ4n) is 5.03. The molecular formula is C24H36N2O3. The lowest BCUT2D eigenvalue weighted by Crippen LogP contribution is -2.39. The van der Waals surface area contributed by atoms with Crippen LogP contribution in [0.25, 0.3) is 0 Å². The first-order valence-electron chi connectivity index (χ1n) is 11.5. The van der Waals surface area contributed by atoms with E-state index in [4.69, 9.17) is 9.47 Å². The maximum atomic E-state index is 12.3. The molecule has 2 aliphatic heterocycles. The number of nitrogens with one attached hydrogen (secondary N) is 1. The molecule has 0 aromatic heterocycles. The number of carbonyl (C=O) groups excluding carboxylic acids is 1. The molecule has 160 valence electrons. The minimum Gasteiger partial charge on any atom is -0.445 e. The van der Waals surface area contributed by atoms with Crippen molar-refractivity contribution in [2.24, 2.45) is 23.7 Å². The normalized spacial score (nSPS) is 25.7. The van der Waals surface area contributed by atoms with E-state index in [1.807, 2.05) is 35.2 Å². The number of benzene rings is 1. The number of carbonyl (C=O) groups is 1. The summed E-state index contributed by atoms with van der Waals surface area (Å²) in [5.74, 6) is 3.25. The molecule has 1 aromatic carbocycles. The van der Waals surface area contributed by atoms with E-state index in [1.54, 1.807) is 0 Å². The summed E-state index contributed by atoms with van der Waals surface area (Å²) < 4.78 is 11.5. The average Bonchev–Trinajstić information content (AvgIpc) is 3.56. The molecule has 2 atom stereocenters. The van der Waals surface area contributed by atoms with E-state index in [-0.39, 0.29) is 6.09 Å². The summed E-state index contributed by atoms with van der Waals surface area (Å²) >= 11 is 0. The number of hydrogen-bond donors (Lipinski definition) is 1. The average molecular weight is 401 g/mol. The number of likely N-dealkylation sites (tertiary alicyclic amines) is 1. The minimum absolute atomic E-state index is 0.161. The number of hydrogen-bond acceptors (Lipinski definition) is 4. The Morgan fingerprint density at radius 2 is 1.83 bits per heavy atom. The fourth-order valence-corrected chi connectivity index (χ4v) is 5.03. The molecular weight excluding hydrogens is 364 g/mol. The topological polar surface area (TPSA) is 50.8 Å². The van der Waals surface area contributed by atoms with Crippen molar-refractivity contribution in [1.82, 2.24) is 10.2 Å². The first-order chi connectivity index (χ1) is 14.3. The van der Waals surface area contributed by atoms with Gasteiger partial charge in [-0.05, 0) is 80.8 Å². The first kappa shape index (κ1) is 20.7. The second-order valence-electron chi connectivity index (χ2n) is 9.08. The van der Waals surface area contributed by atoms with Gasteiger partial charge in [-0.25, -0.2) is 4.79 Å². The molecule has 1 aliphatic carbocycles. The maximum Gasteiger partial charge on any atom is 0.410 e. The van der Waals surface area contributed by atoms with Gasteiger partial charge in [0.15, 0.2) is 0 Å². The van der Waals surface area contributed by atoms with Gasteiger partial charge in [0.2, 0.25) is 0 Å². The summed E-state index contributed by atoms with van der Waals surface area (Å²) in [6.45, 7) is 6.22. The van der Waals surface area contributed by atoms with Gasteiger partial charge in [0.1, 0.15) is 6.61 Å². The molecule has 3 fully saturated rings. The van der Waals surface area contributed by atoms with E-state index >= 15 is 0 Å². The zero-order valence-electron chi connectivity index (χ0n) is 17.6. The number of ether oxygens (including phenoxy) is 2. The molecule has 5 nitrogen and oxygen atoms in total. The number of rotatable bonds is 8. The summed E-state index contributed by atoms with van der Waals surface area (Å²) in [6.07, 6.45) is 7.19. The maximum absolute atomic E-state index is 12.3. The standard InChI is InChI=1S/C24H36N2O3/c27-24(29-18-19-4-2-1-3-5-19)26-13-8-21(9-14-26)23-16-22(23)10-15-28-17-20-6-11-25-12-7-20/h1-5,20-23,25H,6-18H2/t22-,23-/m1/s1. The van der Waals surface area contributed by atoms with Gasteiger partial charge in [0.25, 0.3) is 0 Å². The highest BCUT2D eigenvalue weighted by Crippen LogP contribution is 2.49. The quantitative estimate of drug-likeness (QED) is 0.668. The van der Waals surface area contributed by atoms with Gasteiger partial charge in [0, 0.05) is 26.3 Å². The van der Waals surface area contributed by atoms with Crippen LogP contribution in [0, 0.1) is 23.7 Å². The minimum atomic E-state index is -0.161. The lowest BCUT2D eigenvalue weighted by molar-refractivity contribution is 0.0759. The van der Waals surface area contributed by atoms with Crippen LogP contribution in [0.2, 0.25) is 0 Å². The van der Waals surface area contributed by atoms with E-state index in [0.717, 1.165) is 81.5 Å². The Bertz CT molecular complexity index is 624. The van der Waals surface area contributed by atoms with Gasteiger partial charge >= 0.3 is 6.09 Å². The van der Waals surface area contributed by atoms with Crippen molar-refractivity contribution in [1.29, 1.82) is 0 Å². The molecule has 1 aromatic rings. The summed E-state index contributed by atoms with van der Waals surface area (Å²) in [5, 5.41) is 3.41. The zero-order valence-corrected chi connectivity index (χ0v) is 17.6. The van der Waals surface area contributed by atoms with Crippen molar-refractivity contribution in [2.45, 2.75) is 45.1 Å². The zero-order chi connectivity index (χ0) is 19.9. The number of nitrogens with zero attached hydrogens (tertiary/aromatic N) is 1. The van der Waals surface area contributed by atoms with E-state index in [2.05, 4.69) is 5.32 Å². The fraction of sp³-hybridized carbons (Fsp3) is 0.708. The van der Waals surface area contributed by atoms with Crippen LogP contribution in [0.3, 0.4) is 0 Å². The van der Waals surface area contributed by atoms with Crippen LogP contribution < -0.4 is 5.32 Å². The SMILES string of the molecule is O=C(OCc1ccccc1)N1CCC([C@H]2C[C@H]2CCOCC2CCNCC2)CC1. The lowest BCUT2D eigenvalue weighted by Gasteiger charge is -2.31. The molecule has 2 saturated heterocycles. The molecule has 3 aliphatic rings. The Morgan fingerprint density at radius 3 is 2.59 bits per heavy atom. The molecule has 1 N–H and O–H groups in total. The Balaban J connectivity index is 1.07. The van der Waals surface area contributed by atoms with E-state index < -0.39 is 0 Å². The highest BCUT2D eigenvalue weighted by atomic mass is 16.6. The van der Waals surface area contributed by atoms with Gasteiger partial charge in [-0.1, -0.05) is 30.3 Å². The van der Waals surface area contributed by atoms with Crippen LogP contribution >= 0.6 is 0 Å². The van der Waals surface area contributed by atoms with E-state index in [9.17, 15) is 4.79 Å². The predicted molar refractivity (Wildman–Crippen MR) is 114 cm³/mol. The third-order valence-electron chi connectivity index (χ3n) is 7.03. The summed E-state index contributed by atoms with van der Waals surface area (Å²) in [5.41, 5.74) is 1.04. The first-order valence-corrected chi connectivity index (χ1v) is 11.5. The summed E-state index contributed by atoms with van der Waals surface area (Å²) in [4.78, 5) is 14.2. The Kier molecular flexibility index (Phi) is 7.44. The predicted octanol–water partition coefficient (Wildman–Crippen LogP) is 4.08. The van der Waals surface area contributed by atoms with Gasteiger partial charge < -0.3 is 19.7 Å². The van der Waals surface area contributed by atoms with Crippen LogP contribution in [0.4, 0.5) is 4.79 Å². The summed E-state index contributed by atoms with van der Waals surface area (Å²) in [7, 11) is 0. The molecule has 0 bridgehead atoms. The Morgan fingerprint density at radius 1 is 1.07 bits per heavy atom. The molecule has 1 saturated carbocycles. The van der Waals surface area contributed by atoms with Crippen molar-refractivity contribution < 1.29 is 14.3 Å². The van der Waals surface area contributed by atoms with Gasteiger partial charge in [-0.2, -0.15) is 0 Å². The van der Waals surface area contributed by atoms with Crippen molar-refractivity contribution in [3.05, 3.63) is 35.9 Å². The monoisotopic (exact) mass is 400 g/mol. The van der Waals surface area contributed by atoms with Gasteiger partial charge in [-0.15, -0.1) is 0 Å². The number of piperidine rings is 2. The van der Waals surface area contributed by atoms with Crippen molar-refractivity contribution in [3.63, 3.8) is 0 Å². The third-order valence-corrected chi connectivity index (χ3v) is 7.03. The molecule has 5 heteroatoms. The van der Waals surface area contributed by atoms with Crippen LogP contribution in [0.5, 0.6) is 0 Å². The second kappa shape index (κ2) is 10.4. The van der Waals surface area contributed by atoms with Gasteiger partial charge in [-0.3, -0.25) is 0 Å². The van der Waals surface area contributed by atoms with Crippen molar-refractivity contribution in [2.75, 3.05) is 39.4 Å². The van der Waals surface area contributed by atoms with Crippen molar-refractivity contribution >= 4 is 6.09 Å². The number of amides is 1. The Labute approximate surface area is 175 Å². The van der Waals surface area contributed by atoms with Crippen molar-refractivity contribution in [3.8, 4) is 0 Å². The molecule has 1 amide bonds. The highest BCUT2D eigenvalue weighted by molar-refractivity contribution is 5.67. The lowest BCUT2D eigenvalue weighted by atomic mass is 9.91. The smallest absolute Gasteiger partial charge is 0.410 e. The van der Waals surface area contributed by atoms with Crippen LogP contribution in [-0.4, -0.2) is 50.4 Å².